The molecule has 4 rings (SSSR count). The molecule has 1 N–H and O–H groups in total. The first-order chi connectivity index (χ1) is 14.4. The smallest absolute Gasteiger partial charge is 0.253 e. The highest BCUT2D eigenvalue weighted by Gasteiger charge is 2.19. The van der Waals surface area contributed by atoms with E-state index in [-0.39, 0.29) is 11.9 Å². The van der Waals surface area contributed by atoms with E-state index in [0.717, 1.165) is 48.6 Å². The number of likely N-dealkylation sites (N-methyl/N-ethyl adjacent to an activating group) is 1. The second-order valence-electron chi connectivity index (χ2n) is 8.18. The topological polar surface area (TPSA) is 79.2 Å². The normalized spacial score (nSPS) is 15.2. The predicted molar refractivity (Wildman–Crippen MR) is 118 cm³/mol. The third-order valence-corrected chi connectivity index (χ3v) is 5.60. The Morgan fingerprint density at radius 3 is 2.73 bits per heavy atom. The molecular formula is C22H29N7O. The summed E-state index contributed by atoms with van der Waals surface area (Å²) in [4.78, 5) is 26.8. The largest absolute Gasteiger partial charge is 0.354 e. The van der Waals surface area contributed by atoms with Crippen molar-refractivity contribution >= 4 is 22.8 Å². The van der Waals surface area contributed by atoms with E-state index >= 15 is 0 Å². The molecule has 158 valence electrons. The van der Waals surface area contributed by atoms with Crippen LogP contribution in [0.4, 0.5) is 5.82 Å². The summed E-state index contributed by atoms with van der Waals surface area (Å²) in [5.74, 6) is 0.821. The number of piperazine rings is 1. The minimum absolute atomic E-state index is 0.132. The van der Waals surface area contributed by atoms with E-state index < -0.39 is 0 Å². The summed E-state index contributed by atoms with van der Waals surface area (Å²) in [6, 6.07) is 6.04. The van der Waals surface area contributed by atoms with Crippen LogP contribution in [0.15, 0.2) is 30.6 Å². The van der Waals surface area contributed by atoms with Crippen molar-refractivity contribution in [2.45, 2.75) is 33.4 Å². The molecule has 0 aliphatic carbocycles. The fraction of sp³-hybridized carbons (Fsp3) is 0.455. The number of nitrogens with zero attached hydrogens (tertiary/aromatic N) is 6. The number of amides is 1. The van der Waals surface area contributed by atoms with Gasteiger partial charge in [0.25, 0.3) is 5.91 Å². The van der Waals surface area contributed by atoms with Gasteiger partial charge in [-0.2, -0.15) is 5.10 Å². The Hall–Kier alpha value is -3.00. The molecule has 1 aliphatic heterocycles. The number of hydrogen-bond acceptors (Lipinski definition) is 6. The van der Waals surface area contributed by atoms with Gasteiger partial charge < -0.3 is 15.1 Å². The van der Waals surface area contributed by atoms with E-state index in [1.807, 2.05) is 36.0 Å². The van der Waals surface area contributed by atoms with Gasteiger partial charge in [-0.25, -0.2) is 14.6 Å². The van der Waals surface area contributed by atoms with Crippen molar-refractivity contribution in [1.29, 1.82) is 0 Å². The van der Waals surface area contributed by atoms with Gasteiger partial charge in [0.2, 0.25) is 0 Å². The molecule has 30 heavy (non-hydrogen) atoms. The Balaban J connectivity index is 1.51. The summed E-state index contributed by atoms with van der Waals surface area (Å²) in [5.41, 5.74) is 3.11. The second-order valence-corrected chi connectivity index (χ2v) is 8.18. The Bertz CT molecular complexity index is 1050. The maximum atomic E-state index is 12.9. The number of carbonyl (C=O) groups excluding carboxylic acids is 1. The monoisotopic (exact) mass is 407 g/mol. The van der Waals surface area contributed by atoms with E-state index in [0.29, 0.717) is 17.8 Å². The van der Waals surface area contributed by atoms with Crippen molar-refractivity contribution in [1.82, 2.24) is 30.0 Å². The van der Waals surface area contributed by atoms with Crippen LogP contribution in [-0.4, -0.2) is 63.8 Å². The van der Waals surface area contributed by atoms with Crippen LogP contribution in [0.25, 0.3) is 11.0 Å². The summed E-state index contributed by atoms with van der Waals surface area (Å²) in [6.45, 7) is 10.3. The lowest BCUT2D eigenvalue weighted by Crippen LogP contribution is -2.45. The van der Waals surface area contributed by atoms with E-state index in [9.17, 15) is 4.79 Å². The van der Waals surface area contributed by atoms with Crippen LogP contribution in [0.5, 0.6) is 0 Å². The van der Waals surface area contributed by atoms with Gasteiger partial charge in [-0.3, -0.25) is 4.79 Å². The van der Waals surface area contributed by atoms with E-state index in [2.05, 4.69) is 51.1 Å². The molecule has 8 heteroatoms. The highest BCUT2D eigenvalue weighted by molar-refractivity contribution is 5.98. The number of anilines is 1. The van der Waals surface area contributed by atoms with Crippen molar-refractivity contribution in [2.24, 2.45) is 0 Å². The quantitative estimate of drug-likeness (QED) is 0.700. The van der Waals surface area contributed by atoms with Crippen LogP contribution in [0, 0.1) is 6.92 Å². The van der Waals surface area contributed by atoms with Crippen LogP contribution < -0.4 is 10.2 Å². The molecule has 3 aromatic heterocycles. The molecule has 3 aromatic rings. The molecule has 8 nitrogen and oxygen atoms in total. The maximum Gasteiger partial charge on any atom is 0.253 e. The van der Waals surface area contributed by atoms with E-state index in [1.165, 1.54) is 0 Å². The highest BCUT2D eigenvalue weighted by atomic mass is 16.1. The number of carbonyl (C=O) groups is 1. The fourth-order valence-corrected chi connectivity index (χ4v) is 3.82. The molecule has 0 unspecified atom stereocenters. The average Bonchev–Trinajstić information content (AvgIpc) is 3.15. The van der Waals surface area contributed by atoms with Crippen LogP contribution in [0.1, 0.15) is 41.5 Å². The molecule has 0 bridgehead atoms. The van der Waals surface area contributed by atoms with Gasteiger partial charge in [-0.05, 0) is 40.0 Å². The molecule has 1 saturated heterocycles. The van der Waals surface area contributed by atoms with Crippen molar-refractivity contribution in [3.05, 3.63) is 47.4 Å². The molecule has 4 heterocycles. The Morgan fingerprint density at radius 1 is 1.23 bits per heavy atom. The van der Waals surface area contributed by atoms with Gasteiger partial charge >= 0.3 is 0 Å². The number of rotatable bonds is 5. The van der Waals surface area contributed by atoms with Crippen molar-refractivity contribution in [2.75, 3.05) is 38.1 Å². The van der Waals surface area contributed by atoms with Gasteiger partial charge in [-0.15, -0.1) is 0 Å². The minimum atomic E-state index is -0.132. The summed E-state index contributed by atoms with van der Waals surface area (Å²) >= 11 is 0. The second kappa shape index (κ2) is 8.39. The average molecular weight is 408 g/mol. The van der Waals surface area contributed by atoms with Gasteiger partial charge in [0, 0.05) is 55.9 Å². The molecule has 0 atom stereocenters. The molecule has 1 amide bonds. The lowest BCUT2D eigenvalue weighted by molar-refractivity contribution is 0.0950. The van der Waals surface area contributed by atoms with Crippen molar-refractivity contribution in [3.63, 3.8) is 0 Å². The molecular weight excluding hydrogens is 378 g/mol. The Kier molecular flexibility index (Phi) is 5.67. The van der Waals surface area contributed by atoms with Crippen LogP contribution in [0.3, 0.4) is 0 Å². The predicted octanol–water partition coefficient (Wildman–Crippen LogP) is 2.40. The third kappa shape index (κ3) is 4.00. The molecule has 0 spiro atoms. The molecule has 0 radical (unpaired) electrons. The zero-order chi connectivity index (χ0) is 21.3. The summed E-state index contributed by atoms with van der Waals surface area (Å²) < 4.78 is 1.88. The highest BCUT2D eigenvalue weighted by Crippen LogP contribution is 2.21. The SMILES string of the molecule is Cc1nc2c(cnn2C(C)C)cc1C(=O)NCc1cccnc1N1CCN(C)CC1. The summed E-state index contributed by atoms with van der Waals surface area (Å²) in [6.07, 6.45) is 3.58. The molecule has 0 aromatic carbocycles. The fourth-order valence-electron chi connectivity index (χ4n) is 3.82. The maximum absolute atomic E-state index is 12.9. The van der Waals surface area contributed by atoms with Gasteiger partial charge in [0.05, 0.1) is 17.5 Å². The van der Waals surface area contributed by atoms with Gasteiger partial charge in [0.15, 0.2) is 5.65 Å². The lowest BCUT2D eigenvalue weighted by Gasteiger charge is -2.34. The molecule has 0 saturated carbocycles. The van der Waals surface area contributed by atoms with E-state index in [4.69, 9.17) is 0 Å². The van der Waals surface area contributed by atoms with Crippen LogP contribution in [-0.2, 0) is 6.54 Å². The zero-order valence-electron chi connectivity index (χ0n) is 18.1. The number of aryl methyl sites for hydroxylation is 1. The first kappa shape index (κ1) is 20.3. The Morgan fingerprint density at radius 2 is 2.00 bits per heavy atom. The summed E-state index contributed by atoms with van der Waals surface area (Å²) in [5, 5.41) is 8.33. The van der Waals surface area contributed by atoms with E-state index in [1.54, 1.807) is 6.20 Å². The minimum Gasteiger partial charge on any atom is -0.354 e. The summed E-state index contributed by atoms with van der Waals surface area (Å²) in [7, 11) is 2.13. The van der Waals surface area contributed by atoms with Crippen LogP contribution in [0.2, 0.25) is 0 Å². The van der Waals surface area contributed by atoms with Crippen LogP contribution >= 0.6 is 0 Å². The first-order valence-corrected chi connectivity index (χ1v) is 10.4. The number of fused-ring (bicyclic) bond motifs is 1. The van der Waals surface area contributed by atoms with Gasteiger partial charge in [-0.1, -0.05) is 6.07 Å². The number of aromatic nitrogens is 4. The van der Waals surface area contributed by atoms with Crippen molar-refractivity contribution in [3.8, 4) is 0 Å². The Labute approximate surface area is 176 Å². The zero-order valence-corrected chi connectivity index (χ0v) is 18.1. The number of pyridine rings is 2. The first-order valence-electron chi connectivity index (χ1n) is 10.4. The van der Waals surface area contributed by atoms with Gasteiger partial charge in [0.1, 0.15) is 5.82 Å². The lowest BCUT2D eigenvalue weighted by atomic mass is 10.1. The third-order valence-electron chi connectivity index (χ3n) is 5.60. The molecule has 1 fully saturated rings. The number of hydrogen-bond donors (Lipinski definition) is 1. The van der Waals surface area contributed by atoms with Crippen molar-refractivity contribution < 1.29 is 4.79 Å². The standard InChI is InChI=1S/C22H29N7O/c1-15(2)29-21-18(14-25-29)12-19(16(3)26-21)22(30)24-13-17-6-5-7-23-20(17)28-10-8-27(4)9-11-28/h5-7,12,14-15H,8-11,13H2,1-4H3,(H,24,30). The number of nitrogens with one attached hydrogen (secondary N) is 1. The molecule has 1 aliphatic rings.